The van der Waals surface area contributed by atoms with Gasteiger partial charge in [-0.25, -0.2) is 4.79 Å². The van der Waals surface area contributed by atoms with Crippen molar-refractivity contribution < 1.29 is 9.90 Å². The molecule has 0 aliphatic heterocycles. The average molecular weight is 307 g/mol. The van der Waals surface area contributed by atoms with E-state index in [0.29, 0.717) is 19.6 Å². The first-order chi connectivity index (χ1) is 7.67. The van der Waals surface area contributed by atoms with Crippen LogP contribution in [0.25, 0.3) is 0 Å². The third-order valence-electron chi connectivity index (χ3n) is 2.07. The molecule has 1 aromatic heterocycles. The third kappa shape index (κ3) is 4.11. The number of carbonyl (C=O) groups is 1. The average Bonchev–Trinajstić information content (AvgIpc) is 2.68. The summed E-state index contributed by atoms with van der Waals surface area (Å²) < 4.78 is 1.03. The number of nitrogens with zero attached hydrogens (tertiary/aromatic N) is 1. The van der Waals surface area contributed by atoms with Gasteiger partial charge < -0.3 is 15.3 Å². The fourth-order valence-corrected chi connectivity index (χ4v) is 2.64. The van der Waals surface area contributed by atoms with Gasteiger partial charge in [-0.3, -0.25) is 0 Å². The molecule has 0 fully saturated rings. The molecule has 0 unspecified atom stereocenters. The number of hydrogen-bond acceptors (Lipinski definition) is 3. The molecule has 0 aliphatic carbocycles. The highest BCUT2D eigenvalue weighted by molar-refractivity contribution is 9.10. The first-order valence-electron chi connectivity index (χ1n) is 5.04. The summed E-state index contributed by atoms with van der Waals surface area (Å²) in [5, 5.41) is 13.6. The summed E-state index contributed by atoms with van der Waals surface area (Å²) in [5.41, 5.74) is 0. The summed E-state index contributed by atoms with van der Waals surface area (Å²) in [5.74, 6) is 0. The zero-order valence-electron chi connectivity index (χ0n) is 9.07. The number of nitrogens with one attached hydrogen (secondary N) is 1. The lowest BCUT2D eigenvalue weighted by Crippen LogP contribution is -2.40. The largest absolute Gasteiger partial charge is 0.395 e. The molecule has 1 rings (SSSR count). The molecule has 0 radical (unpaired) electrons. The van der Waals surface area contributed by atoms with E-state index in [4.69, 9.17) is 5.11 Å². The van der Waals surface area contributed by atoms with Crippen LogP contribution >= 0.6 is 27.3 Å². The maximum atomic E-state index is 11.6. The molecule has 0 spiro atoms. The molecule has 0 aliphatic rings. The first kappa shape index (κ1) is 13.5. The van der Waals surface area contributed by atoms with E-state index in [1.165, 1.54) is 0 Å². The molecule has 0 saturated heterocycles. The maximum Gasteiger partial charge on any atom is 0.317 e. The zero-order valence-corrected chi connectivity index (χ0v) is 11.5. The van der Waals surface area contributed by atoms with E-state index in [-0.39, 0.29) is 12.6 Å². The Morgan fingerprint density at radius 3 is 2.94 bits per heavy atom. The van der Waals surface area contributed by atoms with Crippen LogP contribution in [0, 0.1) is 0 Å². The second kappa shape index (κ2) is 6.88. The van der Waals surface area contributed by atoms with Gasteiger partial charge in [-0.15, -0.1) is 11.3 Å². The molecule has 2 N–H and O–H groups in total. The third-order valence-corrected chi connectivity index (χ3v) is 3.77. The maximum absolute atomic E-state index is 11.6. The van der Waals surface area contributed by atoms with Gasteiger partial charge in [0.1, 0.15) is 0 Å². The molecule has 90 valence electrons. The van der Waals surface area contributed by atoms with Crippen molar-refractivity contribution >= 4 is 33.3 Å². The van der Waals surface area contributed by atoms with E-state index in [9.17, 15) is 4.79 Å². The highest BCUT2D eigenvalue weighted by atomic mass is 79.9. The number of aliphatic hydroxyl groups is 1. The summed E-state index contributed by atoms with van der Waals surface area (Å²) in [4.78, 5) is 14.3. The van der Waals surface area contributed by atoms with Crippen molar-refractivity contribution in [3.63, 3.8) is 0 Å². The van der Waals surface area contributed by atoms with Crippen molar-refractivity contribution in [1.29, 1.82) is 0 Å². The Balaban J connectivity index is 2.39. The Labute approximate surface area is 107 Å². The Morgan fingerprint density at radius 1 is 1.69 bits per heavy atom. The second-order valence-electron chi connectivity index (χ2n) is 3.19. The standard InChI is InChI=1S/C10H15BrN2O2S/c1-2-13(3-4-14)10(15)12-6-9-5-8(11)7-16-9/h5,7,14H,2-4,6H2,1H3,(H,12,15). The van der Waals surface area contributed by atoms with Gasteiger partial charge in [0, 0.05) is 27.8 Å². The summed E-state index contributed by atoms with van der Waals surface area (Å²) in [7, 11) is 0. The van der Waals surface area contributed by atoms with Gasteiger partial charge in [-0.1, -0.05) is 0 Å². The molecule has 4 nitrogen and oxygen atoms in total. The van der Waals surface area contributed by atoms with Gasteiger partial charge in [0.05, 0.1) is 13.2 Å². The van der Waals surface area contributed by atoms with E-state index in [2.05, 4.69) is 21.2 Å². The smallest absolute Gasteiger partial charge is 0.317 e. The normalized spacial score (nSPS) is 10.2. The molecule has 1 aromatic rings. The zero-order chi connectivity index (χ0) is 12.0. The Bertz CT molecular complexity index is 343. The molecule has 0 saturated carbocycles. The van der Waals surface area contributed by atoms with Crippen molar-refractivity contribution in [2.24, 2.45) is 0 Å². The van der Waals surface area contributed by atoms with Crippen molar-refractivity contribution in [2.75, 3.05) is 19.7 Å². The van der Waals surface area contributed by atoms with Crippen LogP contribution in [0.2, 0.25) is 0 Å². The highest BCUT2D eigenvalue weighted by Gasteiger charge is 2.10. The quantitative estimate of drug-likeness (QED) is 0.874. The van der Waals surface area contributed by atoms with E-state index >= 15 is 0 Å². The van der Waals surface area contributed by atoms with E-state index in [1.54, 1.807) is 16.2 Å². The van der Waals surface area contributed by atoms with Crippen LogP contribution in [-0.2, 0) is 6.54 Å². The Morgan fingerprint density at radius 2 is 2.44 bits per heavy atom. The fraction of sp³-hybridized carbons (Fsp3) is 0.500. The number of amides is 2. The minimum Gasteiger partial charge on any atom is -0.395 e. The molecule has 16 heavy (non-hydrogen) atoms. The van der Waals surface area contributed by atoms with Gasteiger partial charge in [-0.2, -0.15) is 0 Å². The van der Waals surface area contributed by atoms with Crippen LogP contribution in [0.15, 0.2) is 15.9 Å². The van der Waals surface area contributed by atoms with Crippen LogP contribution in [-0.4, -0.2) is 35.7 Å². The number of aliphatic hydroxyl groups excluding tert-OH is 1. The van der Waals surface area contributed by atoms with Crippen LogP contribution in [0.4, 0.5) is 4.79 Å². The predicted molar refractivity (Wildman–Crippen MR) is 68.6 cm³/mol. The van der Waals surface area contributed by atoms with Crippen molar-refractivity contribution in [3.05, 3.63) is 20.8 Å². The van der Waals surface area contributed by atoms with E-state index in [1.807, 2.05) is 18.4 Å². The number of thiophene rings is 1. The van der Waals surface area contributed by atoms with Crippen molar-refractivity contribution in [3.8, 4) is 0 Å². The summed E-state index contributed by atoms with van der Waals surface area (Å²) in [6.45, 7) is 3.37. The van der Waals surface area contributed by atoms with Crippen molar-refractivity contribution in [2.45, 2.75) is 13.5 Å². The van der Waals surface area contributed by atoms with Gasteiger partial charge in [0.2, 0.25) is 0 Å². The summed E-state index contributed by atoms with van der Waals surface area (Å²) in [6, 6.07) is 1.84. The van der Waals surface area contributed by atoms with E-state index < -0.39 is 0 Å². The minimum atomic E-state index is -0.138. The van der Waals surface area contributed by atoms with Gasteiger partial charge in [-0.05, 0) is 28.9 Å². The van der Waals surface area contributed by atoms with Gasteiger partial charge in [0.25, 0.3) is 0 Å². The Hall–Kier alpha value is -0.590. The molecule has 6 heteroatoms. The van der Waals surface area contributed by atoms with Crippen LogP contribution < -0.4 is 5.32 Å². The van der Waals surface area contributed by atoms with Gasteiger partial charge in [0.15, 0.2) is 0 Å². The number of likely N-dealkylation sites (N-methyl/N-ethyl adjacent to an activating group) is 1. The molecule has 1 heterocycles. The van der Waals surface area contributed by atoms with Crippen LogP contribution in [0.3, 0.4) is 0 Å². The fourth-order valence-electron chi connectivity index (χ4n) is 1.25. The monoisotopic (exact) mass is 306 g/mol. The van der Waals surface area contributed by atoms with Crippen LogP contribution in [0.5, 0.6) is 0 Å². The molecule has 0 atom stereocenters. The molecule has 2 amide bonds. The van der Waals surface area contributed by atoms with E-state index in [0.717, 1.165) is 9.35 Å². The second-order valence-corrected chi connectivity index (χ2v) is 5.10. The lowest BCUT2D eigenvalue weighted by atomic mass is 10.4. The number of urea groups is 1. The predicted octanol–water partition coefficient (Wildman–Crippen LogP) is 2.03. The number of hydrogen-bond donors (Lipinski definition) is 2. The van der Waals surface area contributed by atoms with Crippen LogP contribution in [0.1, 0.15) is 11.8 Å². The lowest BCUT2D eigenvalue weighted by Gasteiger charge is -2.19. The molecular weight excluding hydrogens is 292 g/mol. The first-order valence-corrected chi connectivity index (χ1v) is 6.71. The topological polar surface area (TPSA) is 52.6 Å². The minimum absolute atomic E-state index is 0.00812. The van der Waals surface area contributed by atoms with Gasteiger partial charge >= 0.3 is 6.03 Å². The number of halogens is 1. The highest BCUT2D eigenvalue weighted by Crippen LogP contribution is 2.19. The number of rotatable bonds is 5. The molecular formula is C10H15BrN2O2S. The Kier molecular flexibility index (Phi) is 5.79. The molecule has 0 bridgehead atoms. The number of carbonyl (C=O) groups excluding carboxylic acids is 1. The summed E-state index contributed by atoms with van der Waals surface area (Å²) >= 11 is 4.96. The molecule has 0 aromatic carbocycles. The summed E-state index contributed by atoms with van der Waals surface area (Å²) in [6.07, 6.45) is 0. The lowest BCUT2D eigenvalue weighted by molar-refractivity contribution is 0.180. The van der Waals surface area contributed by atoms with Crippen molar-refractivity contribution in [1.82, 2.24) is 10.2 Å². The SMILES string of the molecule is CCN(CCO)C(=O)NCc1cc(Br)cs1.